The SMILES string of the molecule is CC/C=C\C/C=C\C/C=C\C/C=C\C/C=C\C/C=C\CCCCCCCCCCCCCCCCCCCCCCCCC(=O)OC(COC(=O)CCCCCCCCCCCCCCCCCCCCCCCC/C=C\C/C=C\C/C=C\C/C=C\CC)COP(=O)(O)OCCN. The first-order valence-corrected chi connectivity index (χ1v) is 42.5. The molecule has 97 heavy (non-hydrogen) atoms. The van der Waals surface area contributed by atoms with E-state index in [0.29, 0.717) is 6.42 Å². The standard InChI is InChI=1S/C87H154NO8P/c1-3-5-7-9-11-13-15-17-19-21-23-25-27-29-31-33-35-37-39-40-41-42-43-44-46-48-50-52-54-56-58-60-62-64-66-68-70-72-74-76-78-80-87(90)96-85(84-95-97(91,92)94-82-81-88)83-93-86(89)79-77-75-73-71-69-67-65-63-61-59-57-55-53-51-49-47-45-38-36-34-32-30-28-26-24-22-20-18-16-14-12-10-8-6-4-2/h5-8,11-14,17-20,23-26,29,31,35,37,85H,3-4,9-10,15-16,21-22,27-28,30,32-34,36,38-84,88H2,1-2H3,(H,91,92)/b7-5-,8-6-,13-11-,14-12-,19-17-,20-18-,25-23-,26-24-,31-29-,37-35-. The summed E-state index contributed by atoms with van der Waals surface area (Å²) in [6, 6.07) is 0. The Balaban J connectivity index is 3.77. The van der Waals surface area contributed by atoms with Crippen molar-refractivity contribution < 1.29 is 37.6 Å². The van der Waals surface area contributed by atoms with Crippen molar-refractivity contribution in [3.05, 3.63) is 122 Å². The van der Waals surface area contributed by atoms with Crippen LogP contribution in [0.15, 0.2) is 122 Å². The van der Waals surface area contributed by atoms with Gasteiger partial charge < -0.3 is 20.1 Å². The molecule has 2 unspecified atom stereocenters. The van der Waals surface area contributed by atoms with Crippen LogP contribution in [-0.2, 0) is 32.7 Å². The normalized spacial score (nSPS) is 13.5. The Labute approximate surface area is 600 Å². The molecule has 0 aliphatic rings. The largest absolute Gasteiger partial charge is 0.472 e. The van der Waals surface area contributed by atoms with Crippen LogP contribution in [0, 0.1) is 0 Å². The van der Waals surface area contributed by atoms with Gasteiger partial charge in [0.25, 0.3) is 0 Å². The highest BCUT2D eigenvalue weighted by atomic mass is 31.2. The third-order valence-corrected chi connectivity index (χ3v) is 18.8. The molecule has 0 saturated carbocycles. The molecule has 0 spiro atoms. The molecule has 3 N–H and O–H groups in total. The number of rotatable bonds is 77. The van der Waals surface area contributed by atoms with Crippen LogP contribution in [-0.4, -0.2) is 49.3 Å². The topological polar surface area (TPSA) is 134 Å². The molecule has 0 aromatic heterocycles. The Bertz CT molecular complexity index is 2020. The Kier molecular flexibility index (Phi) is 78.4. The first-order valence-electron chi connectivity index (χ1n) is 41.0. The maximum Gasteiger partial charge on any atom is 0.472 e. The van der Waals surface area contributed by atoms with Crippen molar-refractivity contribution in [2.75, 3.05) is 26.4 Å². The van der Waals surface area contributed by atoms with Gasteiger partial charge in [-0.1, -0.05) is 392 Å². The maximum atomic E-state index is 12.8. The molecule has 0 bridgehead atoms. The molecule has 0 rings (SSSR count). The van der Waals surface area contributed by atoms with E-state index in [2.05, 4.69) is 135 Å². The molecule has 0 aliphatic heterocycles. The van der Waals surface area contributed by atoms with Gasteiger partial charge in [0, 0.05) is 19.4 Å². The lowest BCUT2D eigenvalue weighted by atomic mass is 10.0. The lowest BCUT2D eigenvalue weighted by molar-refractivity contribution is -0.161. The van der Waals surface area contributed by atoms with E-state index in [0.717, 1.165) is 96.3 Å². The van der Waals surface area contributed by atoms with E-state index in [1.165, 1.54) is 257 Å². The fourth-order valence-electron chi connectivity index (χ4n) is 11.9. The number of carbonyl (C=O) groups excluding carboxylic acids is 2. The molecule has 0 aromatic rings. The minimum absolute atomic E-state index is 0.0529. The van der Waals surface area contributed by atoms with Gasteiger partial charge in [-0.3, -0.25) is 18.6 Å². The van der Waals surface area contributed by atoms with Gasteiger partial charge >= 0.3 is 19.8 Å². The van der Waals surface area contributed by atoms with Crippen LogP contribution in [0.5, 0.6) is 0 Å². The lowest BCUT2D eigenvalue weighted by Gasteiger charge is -2.19. The zero-order valence-electron chi connectivity index (χ0n) is 63.3. The molecule has 9 nitrogen and oxygen atoms in total. The smallest absolute Gasteiger partial charge is 0.462 e. The molecule has 0 fully saturated rings. The number of hydrogen-bond acceptors (Lipinski definition) is 8. The van der Waals surface area contributed by atoms with Gasteiger partial charge in [0.05, 0.1) is 13.2 Å². The zero-order chi connectivity index (χ0) is 70.0. The van der Waals surface area contributed by atoms with E-state index in [9.17, 15) is 19.0 Å². The summed E-state index contributed by atoms with van der Waals surface area (Å²) in [7, 11) is -4.40. The Morgan fingerprint density at radius 2 is 0.536 bits per heavy atom. The Hall–Kier alpha value is -3.59. The molecule has 0 aliphatic carbocycles. The Morgan fingerprint density at radius 3 is 0.794 bits per heavy atom. The van der Waals surface area contributed by atoms with Crippen LogP contribution < -0.4 is 5.73 Å². The van der Waals surface area contributed by atoms with Gasteiger partial charge in [0.1, 0.15) is 6.61 Å². The fourth-order valence-corrected chi connectivity index (χ4v) is 12.6. The number of allylic oxidation sites excluding steroid dienone is 20. The number of esters is 2. The molecule has 560 valence electrons. The first-order chi connectivity index (χ1) is 47.8. The first kappa shape index (κ1) is 93.4. The summed E-state index contributed by atoms with van der Waals surface area (Å²) in [4.78, 5) is 35.5. The molecule has 0 aromatic carbocycles. The van der Waals surface area contributed by atoms with Crippen LogP contribution in [0.4, 0.5) is 0 Å². The van der Waals surface area contributed by atoms with Crippen molar-refractivity contribution in [3.63, 3.8) is 0 Å². The van der Waals surface area contributed by atoms with Gasteiger partial charge in [0.15, 0.2) is 6.10 Å². The predicted octanol–water partition coefficient (Wildman–Crippen LogP) is 27.8. The molecule has 0 radical (unpaired) electrons. The molecule has 0 heterocycles. The monoisotopic (exact) mass is 1370 g/mol. The summed E-state index contributed by atoms with van der Waals surface area (Å²) in [5.74, 6) is -0.809. The highest BCUT2D eigenvalue weighted by Gasteiger charge is 2.26. The van der Waals surface area contributed by atoms with Gasteiger partial charge in [0.2, 0.25) is 0 Å². The number of nitrogens with two attached hydrogens (primary N) is 1. The summed E-state index contributed by atoms with van der Waals surface area (Å²) in [5, 5.41) is 0. The van der Waals surface area contributed by atoms with Gasteiger partial charge in [-0.2, -0.15) is 0 Å². The average Bonchev–Trinajstić information content (AvgIpc) is 2.57. The number of phosphoric acid groups is 1. The van der Waals surface area contributed by atoms with E-state index in [4.69, 9.17) is 24.3 Å². The fraction of sp³-hybridized carbons (Fsp3) is 0.747. The van der Waals surface area contributed by atoms with Crippen LogP contribution in [0.1, 0.15) is 386 Å². The second-order valence-corrected chi connectivity index (χ2v) is 28.7. The summed E-state index contributed by atoms with van der Waals surface area (Å²) < 4.78 is 33.3. The van der Waals surface area contributed by atoms with E-state index in [1.54, 1.807) is 0 Å². The third-order valence-electron chi connectivity index (χ3n) is 17.8. The highest BCUT2D eigenvalue weighted by molar-refractivity contribution is 7.47. The molecular weight excluding hydrogens is 1220 g/mol. The predicted molar refractivity (Wildman–Crippen MR) is 422 cm³/mol. The van der Waals surface area contributed by atoms with Crippen molar-refractivity contribution in [1.82, 2.24) is 0 Å². The Morgan fingerprint density at radius 1 is 0.309 bits per heavy atom. The van der Waals surface area contributed by atoms with Gasteiger partial charge in [-0.15, -0.1) is 0 Å². The van der Waals surface area contributed by atoms with Crippen molar-refractivity contribution >= 4 is 19.8 Å². The summed E-state index contributed by atoms with van der Waals surface area (Å²) in [6.07, 6.45) is 115. The maximum absolute atomic E-state index is 12.8. The molecule has 2 atom stereocenters. The molecule has 0 saturated heterocycles. The van der Waals surface area contributed by atoms with Crippen molar-refractivity contribution in [2.24, 2.45) is 5.73 Å². The number of hydrogen-bond donors (Lipinski definition) is 2. The average molecular weight is 1370 g/mol. The highest BCUT2D eigenvalue weighted by Crippen LogP contribution is 2.43. The number of carbonyl (C=O) groups is 2. The summed E-state index contributed by atoms with van der Waals surface area (Å²) in [5.41, 5.74) is 5.42. The lowest BCUT2D eigenvalue weighted by Crippen LogP contribution is -2.29. The van der Waals surface area contributed by atoms with Crippen LogP contribution in [0.3, 0.4) is 0 Å². The quantitative estimate of drug-likeness (QED) is 0.0264. The molecule has 10 heteroatoms. The van der Waals surface area contributed by atoms with E-state index >= 15 is 0 Å². The van der Waals surface area contributed by atoms with Gasteiger partial charge in [-0.05, 0) is 103 Å². The van der Waals surface area contributed by atoms with Crippen molar-refractivity contribution in [1.29, 1.82) is 0 Å². The number of ether oxygens (including phenoxy) is 2. The minimum Gasteiger partial charge on any atom is -0.462 e. The second-order valence-electron chi connectivity index (χ2n) is 27.2. The molecular formula is C87H154NO8P. The van der Waals surface area contributed by atoms with Crippen LogP contribution >= 0.6 is 7.82 Å². The number of unbranched alkanes of at least 4 members (excludes halogenated alkanes) is 44. The second kappa shape index (κ2) is 81.4. The zero-order valence-corrected chi connectivity index (χ0v) is 64.2. The number of phosphoric ester groups is 1. The van der Waals surface area contributed by atoms with E-state index < -0.39 is 26.5 Å². The van der Waals surface area contributed by atoms with Gasteiger partial charge in [-0.25, -0.2) is 4.57 Å². The van der Waals surface area contributed by atoms with Crippen LogP contribution in [0.2, 0.25) is 0 Å². The van der Waals surface area contributed by atoms with E-state index in [-0.39, 0.29) is 38.6 Å². The van der Waals surface area contributed by atoms with Crippen LogP contribution in [0.25, 0.3) is 0 Å². The molecule has 0 amide bonds. The minimum atomic E-state index is -4.40. The van der Waals surface area contributed by atoms with Crippen molar-refractivity contribution in [2.45, 2.75) is 392 Å². The van der Waals surface area contributed by atoms with Crippen molar-refractivity contribution in [3.8, 4) is 0 Å². The summed E-state index contributed by atoms with van der Waals surface area (Å²) >= 11 is 0. The van der Waals surface area contributed by atoms with E-state index in [1.807, 2.05) is 0 Å². The summed E-state index contributed by atoms with van der Waals surface area (Å²) in [6.45, 7) is 3.57. The third kappa shape index (κ3) is 81.3.